The van der Waals surface area contributed by atoms with Crippen LogP contribution in [0.5, 0.6) is 11.5 Å². The maximum atomic E-state index is 5.98. The summed E-state index contributed by atoms with van der Waals surface area (Å²) in [5, 5.41) is 3.89. The molecule has 0 saturated heterocycles. The highest BCUT2D eigenvalue weighted by Gasteiger charge is 2.05. The summed E-state index contributed by atoms with van der Waals surface area (Å²) in [7, 11) is 1.95. The second-order valence-corrected chi connectivity index (χ2v) is 5.03. The van der Waals surface area contributed by atoms with Gasteiger partial charge in [0.05, 0.1) is 0 Å². The zero-order chi connectivity index (χ0) is 13.8. The first-order valence-electron chi connectivity index (χ1n) is 6.31. The van der Waals surface area contributed by atoms with Crippen molar-refractivity contribution in [2.45, 2.75) is 19.9 Å². The molecule has 100 valence electrons. The number of hydrogen-bond acceptors (Lipinski definition) is 2. The number of ether oxygens (including phenoxy) is 1. The highest BCUT2D eigenvalue weighted by molar-refractivity contribution is 6.30. The van der Waals surface area contributed by atoms with Crippen molar-refractivity contribution in [3.05, 3.63) is 58.6 Å². The van der Waals surface area contributed by atoms with Gasteiger partial charge in [-0.25, -0.2) is 0 Å². The molecule has 0 heterocycles. The molecule has 0 saturated carbocycles. The molecule has 0 aromatic heterocycles. The van der Waals surface area contributed by atoms with Gasteiger partial charge < -0.3 is 10.1 Å². The maximum Gasteiger partial charge on any atom is 0.131 e. The van der Waals surface area contributed by atoms with Crippen LogP contribution in [0.1, 0.15) is 24.1 Å². The molecule has 0 aliphatic heterocycles. The Kier molecular flexibility index (Phi) is 4.46. The number of halogens is 1. The average Bonchev–Trinajstić information content (AvgIpc) is 2.43. The van der Waals surface area contributed by atoms with Crippen molar-refractivity contribution in [1.29, 1.82) is 0 Å². The van der Waals surface area contributed by atoms with Crippen LogP contribution in [0.3, 0.4) is 0 Å². The lowest BCUT2D eigenvalue weighted by Gasteiger charge is -2.12. The molecule has 0 bridgehead atoms. The van der Waals surface area contributed by atoms with E-state index in [2.05, 4.69) is 24.4 Å². The quantitative estimate of drug-likeness (QED) is 0.872. The van der Waals surface area contributed by atoms with Crippen molar-refractivity contribution >= 4 is 11.6 Å². The molecule has 2 aromatic carbocycles. The van der Waals surface area contributed by atoms with E-state index in [0.29, 0.717) is 11.1 Å². The number of aryl methyl sites for hydroxylation is 1. The Balaban J connectivity index is 2.17. The van der Waals surface area contributed by atoms with Crippen LogP contribution in [0.4, 0.5) is 0 Å². The fourth-order valence-electron chi connectivity index (χ4n) is 1.80. The molecule has 0 radical (unpaired) electrons. The minimum atomic E-state index is 0.335. The molecule has 2 rings (SSSR count). The molecule has 1 N–H and O–H groups in total. The van der Waals surface area contributed by atoms with Gasteiger partial charge in [0.2, 0.25) is 0 Å². The molecule has 0 aliphatic carbocycles. The molecule has 3 heteroatoms. The van der Waals surface area contributed by atoms with E-state index in [1.54, 1.807) is 0 Å². The van der Waals surface area contributed by atoms with Gasteiger partial charge in [-0.3, -0.25) is 0 Å². The molecule has 2 nitrogen and oxygen atoms in total. The zero-order valence-electron chi connectivity index (χ0n) is 11.4. The van der Waals surface area contributed by atoms with E-state index in [1.165, 1.54) is 5.56 Å². The summed E-state index contributed by atoms with van der Waals surface area (Å²) < 4.78 is 5.85. The summed E-state index contributed by atoms with van der Waals surface area (Å²) in [6.07, 6.45) is 0. The summed E-state index contributed by atoms with van der Waals surface area (Å²) in [6, 6.07) is 14.1. The molecule has 0 amide bonds. The molecular weight excluding hydrogens is 258 g/mol. The van der Waals surface area contributed by atoms with Crippen molar-refractivity contribution in [3.8, 4) is 11.5 Å². The van der Waals surface area contributed by atoms with E-state index in [4.69, 9.17) is 16.3 Å². The number of rotatable bonds is 4. The van der Waals surface area contributed by atoms with Crippen LogP contribution in [0.25, 0.3) is 0 Å². The van der Waals surface area contributed by atoms with Crippen LogP contribution in [0, 0.1) is 6.92 Å². The largest absolute Gasteiger partial charge is 0.457 e. The minimum absolute atomic E-state index is 0.335. The van der Waals surface area contributed by atoms with E-state index >= 15 is 0 Å². The van der Waals surface area contributed by atoms with E-state index in [-0.39, 0.29) is 0 Å². The van der Waals surface area contributed by atoms with Crippen LogP contribution < -0.4 is 10.1 Å². The smallest absolute Gasteiger partial charge is 0.131 e. The third kappa shape index (κ3) is 3.49. The molecule has 0 aliphatic rings. The molecule has 19 heavy (non-hydrogen) atoms. The van der Waals surface area contributed by atoms with Crippen molar-refractivity contribution in [1.82, 2.24) is 5.32 Å². The number of nitrogens with one attached hydrogen (secondary N) is 1. The predicted octanol–water partition coefficient (Wildman–Crippen LogP) is 4.72. The second kappa shape index (κ2) is 6.09. The van der Waals surface area contributed by atoms with Crippen molar-refractivity contribution in [2.24, 2.45) is 0 Å². The number of hydrogen-bond donors (Lipinski definition) is 1. The van der Waals surface area contributed by atoms with E-state index in [1.807, 2.05) is 44.3 Å². The lowest BCUT2D eigenvalue weighted by molar-refractivity contribution is 0.478. The van der Waals surface area contributed by atoms with E-state index in [9.17, 15) is 0 Å². The summed E-state index contributed by atoms with van der Waals surface area (Å²) in [4.78, 5) is 0. The number of benzene rings is 2. The van der Waals surface area contributed by atoms with Crippen LogP contribution in [0.2, 0.25) is 5.02 Å². The molecule has 1 unspecified atom stereocenters. The van der Waals surface area contributed by atoms with Crippen LogP contribution >= 0.6 is 11.6 Å². The fraction of sp³-hybridized carbons (Fsp3) is 0.250. The highest BCUT2D eigenvalue weighted by atomic mass is 35.5. The van der Waals surface area contributed by atoms with Crippen LogP contribution in [0.15, 0.2) is 42.5 Å². The zero-order valence-corrected chi connectivity index (χ0v) is 12.2. The van der Waals surface area contributed by atoms with E-state index in [0.717, 1.165) is 17.1 Å². The average molecular weight is 276 g/mol. The second-order valence-electron chi connectivity index (χ2n) is 4.59. The monoisotopic (exact) mass is 275 g/mol. The van der Waals surface area contributed by atoms with Gasteiger partial charge in [-0.2, -0.15) is 0 Å². The normalized spacial score (nSPS) is 12.2. The first kappa shape index (κ1) is 13.9. The van der Waals surface area contributed by atoms with Crippen molar-refractivity contribution in [2.75, 3.05) is 7.05 Å². The van der Waals surface area contributed by atoms with Crippen molar-refractivity contribution < 1.29 is 4.74 Å². The summed E-state index contributed by atoms with van der Waals surface area (Å²) in [6.45, 7) is 4.13. The molecule has 0 spiro atoms. The SMILES string of the molecule is CNC(C)c1ccc(Oc2cc(Cl)ccc2C)cc1. The molecular formula is C16H18ClNO. The Morgan fingerprint density at radius 3 is 2.42 bits per heavy atom. The van der Waals surface area contributed by atoms with Crippen molar-refractivity contribution in [3.63, 3.8) is 0 Å². The summed E-state index contributed by atoms with van der Waals surface area (Å²) in [5.41, 5.74) is 2.30. The predicted molar refractivity (Wildman–Crippen MR) is 80.2 cm³/mol. The lowest BCUT2D eigenvalue weighted by atomic mass is 10.1. The van der Waals surface area contributed by atoms with Gasteiger partial charge in [0.1, 0.15) is 11.5 Å². The highest BCUT2D eigenvalue weighted by Crippen LogP contribution is 2.28. The Labute approximate surface area is 119 Å². The standard InChI is InChI=1S/C16H18ClNO/c1-11-4-7-14(17)10-16(11)19-15-8-5-13(6-9-15)12(2)18-3/h4-10,12,18H,1-3H3. The third-order valence-corrected chi connectivity index (χ3v) is 3.43. The molecule has 0 fully saturated rings. The summed E-state index contributed by atoms with van der Waals surface area (Å²) >= 11 is 5.98. The van der Waals surface area contributed by atoms with Gasteiger partial charge in [-0.1, -0.05) is 29.8 Å². The minimum Gasteiger partial charge on any atom is -0.457 e. The molecule has 1 atom stereocenters. The van der Waals surface area contributed by atoms with Crippen LogP contribution in [-0.2, 0) is 0 Å². The maximum absolute atomic E-state index is 5.98. The lowest BCUT2D eigenvalue weighted by Crippen LogP contribution is -2.11. The Morgan fingerprint density at radius 2 is 1.79 bits per heavy atom. The third-order valence-electron chi connectivity index (χ3n) is 3.19. The van der Waals surface area contributed by atoms with Gasteiger partial charge in [-0.15, -0.1) is 0 Å². The topological polar surface area (TPSA) is 21.3 Å². The Bertz CT molecular complexity index is 551. The first-order valence-corrected chi connectivity index (χ1v) is 6.69. The van der Waals surface area contributed by atoms with Crippen LogP contribution in [-0.4, -0.2) is 7.05 Å². The van der Waals surface area contributed by atoms with E-state index < -0.39 is 0 Å². The van der Waals surface area contributed by atoms with Gasteiger partial charge in [0, 0.05) is 11.1 Å². The molecule has 2 aromatic rings. The fourth-order valence-corrected chi connectivity index (χ4v) is 1.96. The van der Waals surface area contributed by atoms with Gasteiger partial charge in [0.15, 0.2) is 0 Å². The summed E-state index contributed by atoms with van der Waals surface area (Å²) in [5.74, 6) is 1.61. The Morgan fingerprint density at radius 1 is 1.11 bits per heavy atom. The Hall–Kier alpha value is -1.51. The van der Waals surface area contributed by atoms with Gasteiger partial charge in [0.25, 0.3) is 0 Å². The first-order chi connectivity index (χ1) is 9.10. The van der Waals surface area contributed by atoms with Gasteiger partial charge in [-0.05, 0) is 56.3 Å². The van der Waals surface area contributed by atoms with Gasteiger partial charge >= 0.3 is 0 Å².